The molecule has 1 aromatic carbocycles. The second-order valence-electron chi connectivity index (χ2n) is 4.14. The molecular weight excluding hydrogens is 234 g/mol. The van der Waals surface area contributed by atoms with Crippen molar-refractivity contribution in [1.29, 1.82) is 0 Å². The zero-order valence-electron chi connectivity index (χ0n) is 9.60. The van der Waals surface area contributed by atoms with Crippen molar-refractivity contribution in [2.45, 2.75) is 0 Å². The fourth-order valence-electron chi connectivity index (χ4n) is 2.19. The molecule has 1 aliphatic heterocycles. The first-order valence-corrected chi connectivity index (χ1v) is 5.73. The number of anilines is 1. The molecule has 1 saturated heterocycles. The third kappa shape index (κ3) is 2.51. The smallest absolute Gasteiger partial charge is 0.0373 e. The number of piperazine rings is 1. The van der Waals surface area contributed by atoms with Gasteiger partial charge in [0.05, 0.1) is 0 Å². The minimum atomic E-state index is 0. The van der Waals surface area contributed by atoms with Gasteiger partial charge in [-0.25, -0.2) is 0 Å². The third-order valence-electron chi connectivity index (χ3n) is 3.11. The summed E-state index contributed by atoms with van der Waals surface area (Å²) in [6.45, 7) is 4.34. The molecule has 4 heteroatoms. The third-order valence-corrected chi connectivity index (χ3v) is 3.11. The Morgan fingerprint density at radius 1 is 1.06 bits per heavy atom. The largest absolute Gasteiger partial charge is 0.369 e. The quantitative estimate of drug-likeness (QED) is 0.839. The van der Waals surface area contributed by atoms with E-state index in [9.17, 15) is 0 Å². The summed E-state index contributed by atoms with van der Waals surface area (Å²) in [4.78, 5) is 6.56. The minimum absolute atomic E-state index is 0. The fourth-order valence-corrected chi connectivity index (χ4v) is 2.19. The predicted octanol–water partition coefficient (Wildman–Crippen LogP) is 2.07. The standard InChI is InChI=1S/C13H15N3.ClH/c1-2-13(16-7-5-14-6-8-16)9-11-3-4-15-10-12(1)11;/h1-4,9-10,14H,5-8H2;1H. The molecule has 90 valence electrons. The van der Waals surface area contributed by atoms with E-state index in [-0.39, 0.29) is 12.4 Å². The Morgan fingerprint density at radius 2 is 1.88 bits per heavy atom. The van der Waals surface area contributed by atoms with Gasteiger partial charge in [-0.1, -0.05) is 6.07 Å². The van der Waals surface area contributed by atoms with Crippen LogP contribution in [0.2, 0.25) is 0 Å². The summed E-state index contributed by atoms with van der Waals surface area (Å²) in [7, 11) is 0. The van der Waals surface area contributed by atoms with Gasteiger partial charge in [-0.3, -0.25) is 4.98 Å². The van der Waals surface area contributed by atoms with Crippen LogP contribution in [0.25, 0.3) is 10.8 Å². The molecule has 0 amide bonds. The average molecular weight is 250 g/mol. The maximum Gasteiger partial charge on any atom is 0.0373 e. The number of hydrogen-bond acceptors (Lipinski definition) is 3. The van der Waals surface area contributed by atoms with E-state index < -0.39 is 0 Å². The number of aromatic nitrogens is 1. The molecule has 3 rings (SSSR count). The van der Waals surface area contributed by atoms with Crippen molar-refractivity contribution < 1.29 is 0 Å². The Hall–Kier alpha value is -1.32. The normalized spacial score (nSPS) is 15.6. The van der Waals surface area contributed by atoms with Crippen LogP contribution >= 0.6 is 12.4 Å². The number of nitrogens with one attached hydrogen (secondary N) is 1. The molecule has 0 atom stereocenters. The zero-order chi connectivity index (χ0) is 10.8. The molecule has 17 heavy (non-hydrogen) atoms. The summed E-state index contributed by atoms with van der Waals surface area (Å²) in [5.74, 6) is 0. The number of pyridine rings is 1. The van der Waals surface area contributed by atoms with Crippen LogP contribution < -0.4 is 10.2 Å². The highest BCUT2D eigenvalue weighted by molar-refractivity contribution is 5.85. The average Bonchev–Trinajstić information content (AvgIpc) is 2.39. The van der Waals surface area contributed by atoms with Gasteiger partial charge in [0.2, 0.25) is 0 Å². The predicted molar refractivity (Wildman–Crippen MR) is 74.1 cm³/mol. The molecule has 0 saturated carbocycles. The Morgan fingerprint density at radius 3 is 2.71 bits per heavy atom. The van der Waals surface area contributed by atoms with Crippen LogP contribution in [-0.2, 0) is 0 Å². The number of halogens is 1. The first-order valence-electron chi connectivity index (χ1n) is 5.73. The summed E-state index contributed by atoms with van der Waals surface area (Å²) >= 11 is 0. The topological polar surface area (TPSA) is 28.2 Å². The van der Waals surface area contributed by atoms with Crippen LogP contribution in [-0.4, -0.2) is 31.2 Å². The number of fused-ring (bicyclic) bond motifs is 1. The molecule has 1 N–H and O–H groups in total. The molecule has 1 aliphatic rings. The van der Waals surface area contributed by atoms with Gasteiger partial charge in [-0.15, -0.1) is 12.4 Å². The Bertz CT molecular complexity index is 495. The maximum absolute atomic E-state index is 4.13. The first-order chi connectivity index (χ1) is 7.93. The van der Waals surface area contributed by atoms with Crippen LogP contribution in [0.15, 0.2) is 36.7 Å². The fraction of sp³-hybridized carbons (Fsp3) is 0.308. The van der Waals surface area contributed by atoms with Gasteiger partial charge in [-0.2, -0.15) is 0 Å². The molecule has 1 fully saturated rings. The summed E-state index contributed by atoms with van der Waals surface area (Å²) < 4.78 is 0. The number of nitrogens with zero attached hydrogens (tertiary/aromatic N) is 2. The number of rotatable bonds is 1. The molecule has 2 heterocycles. The summed E-state index contributed by atoms with van der Waals surface area (Å²) in [6.07, 6.45) is 3.76. The highest BCUT2D eigenvalue weighted by Crippen LogP contribution is 2.21. The van der Waals surface area contributed by atoms with Gasteiger partial charge >= 0.3 is 0 Å². The van der Waals surface area contributed by atoms with Crippen LogP contribution in [0, 0.1) is 0 Å². The van der Waals surface area contributed by atoms with Gasteiger partial charge in [0.15, 0.2) is 0 Å². The highest BCUT2D eigenvalue weighted by atomic mass is 35.5. The molecule has 0 radical (unpaired) electrons. The van der Waals surface area contributed by atoms with Crippen molar-refractivity contribution in [3.8, 4) is 0 Å². The van der Waals surface area contributed by atoms with E-state index in [1.165, 1.54) is 16.5 Å². The second-order valence-corrected chi connectivity index (χ2v) is 4.14. The van der Waals surface area contributed by atoms with E-state index in [1.54, 1.807) is 0 Å². The van der Waals surface area contributed by atoms with E-state index >= 15 is 0 Å². The van der Waals surface area contributed by atoms with E-state index in [1.807, 2.05) is 12.4 Å². The molecule has 0 bridgehead atoms. The lowest BCUT2D eigenvalue weighted by atomic mass is 10.1. The van der Waals surface area contributed by atoms with Crippen molar-refractivity contribution in [2.24, 2.45) is 0 Å². The SMILES string of the molecule is Cl.c1cc2cc(N3CCNCC3)ccc2cn1. The highest BCUT2D eigenvalue weighted by Gasteiger charge is 2.10. The van der Waals surface area contributed by atoms with E-state index in [0.29, 0.717) is 0 Å². The maximum atomic E-state index is 4.13. The van der Waals surface area contributed by atoms with E-state index in [4.69, 9.17) is 0 Å². The van der Waals surface area contributed by atoms with Crippen LogP contribution in [0.1, 0.15) is 0 Å². The summed E-state index contributed by atoms with van der Waals surface area (Å²) in [5.41, 5.74) is 1.32. The van der Waals surface area contributed by atoms with Crippen LogP contribution in [0.5, 0.6) is 0 Å². The van der Waals surface area contributed by atoms with Crippen molar-refractivity contribution in [2.75, 3.05) is 31.1 Å². The lowest BCUT2D eigenvalue weighted by molar-refractivity contribution is 0.589. The molecule has 1 aromatic heterocycles. The van der Waals surface area contributed by atoms with Gasteiger partial charge in [0.25, 0.3) is 0 Å². The first kappa shape index (κ1) is 12.1. The van der Waals surface area contributed by atoms with Gasteiger partial charge in [0, 0.05) is 49.6 Å². The Kier molecular flexibility index (Phi) is 3.82. The number of hydrogen-bond donors (Lipinski definition) is 1. The van der Waals surface area contributed by atoms with Gasteiger partial charge in [-0.05, 0) is 23.6 Å². The molecule has 0 unspecified atom stereocenters. The van der Waals surface area contributed by atoms with Gasteiger partial charge < -0.3 is 10.2 Å². The molecule has 2 aromatic rings. The van der Waals surface area contributed by atoms with Crippen molar-refractivity contribution in [3.63, 3.8) is 0 Å². The zero-order valence-corrected chi connectivity index (χ0v) is 10.4. The van der Waals surface area contributed by atoms with E-state index in [0.717, 1.165) is 26.2 Å². The Labute approximate surface area is 107 Å². The minimum Gasteiger partial charge on any atom is -0.369 e. The summed E-state index contributed by atoms with van der Waals surface area (Å²) in [5, 5.41) is 5.85. The second kappa shape index (κ2) is 5.34. The van der Waals surface area contributed by atoms with Crippen molar-refractivity contribution in [3.05, 3.63) is 36.7 Å². The van der Waals surface area contributed by atoms with E-state index in [2.05, 4.69) is 39.5 Å². The molecule has 0 aliphatic carbocycles. The Balaban J connectivity index is 0.00000108. The summed E-state index contributed by atoms with van der Waals surface area (Å²) in [6, 6.07) is 8.67. The molecule has 0 spiro atoms. The monoisotopic (exact) mass is 249 g/mol. The van der Waals surface area contributed by atoms with Crippen LogP contribution in [0.3, 0.4) is 0 Å². The lowest BCUT2D eigenvalue weighted by Gasteiger charge is -2.29. The molecule has 3 nitrogen and oxygen atoms in total. The van der Waals surface area contributed by atoms with Crippen molar-refractivity contribution in [1.82, 2.24) is 10.3 Å². The number of benzene rings is 1. The van der Waals surface area contributed by atoms with Crippen LogP contribution in [0.4, 0.5) is 5.69 Å². The lowest BCUT2D eigenvalue weighted by Crippen LogP contribution is -2.43. The van der Waals surface area contributed by atoms with Crippen molar-refractivity contribution >= 4 is 28.9 Å². The van der Waals surface area contributed by atoms with Gasteiger partial charge in [0.1, 0.15) is 0 Å². The molecular formula is C13H16ClN3.